The highest BCUT2D eigenvalue weighted by Crippen LogP contribution is 2.40. The van der Waals surface area contributed by atoms with E-state index in [0.29, 0.717) is 13.2 Å². The van der Waals surface area contributed by atoms with Crippen LogP contribution in [0, 0.1) is 20.8 Å². The maximum absolute atomic E-state index is 13.0. The molecule has 26 heavy (non-hydrogen) atoms. The van der Waals surface area contributed by atoms with Crippen molar-refractivity contribution in [1.29, 1.82) is 0 Å². The van der Waals surface area contributed by atoms with Gasteiger partial charge in [0.1, 0.15) is 18.4 Å². The van der Waals surface area contributed by atoms with Crippen LogP contribution in [-0.2, 0) is 9.59 Å². The normalized spacial score (nSPS) is 15.8. The molecule has 2 aromatic carbocycles. The number of aryl methyl sites for hydroxylation is 3. The van der Waals surface area contributed by atoms with E-state index in [1.165, 1.54) is 6.92 Å². The quantitative estimate of drug-likeness (QED) is 0.899. The Kier molecular flexibility index (Phi) is 4.98. The van der Waals surface area contributed by atoms with Gasteiger partial charge in [0.15, 0.2) is 0 Å². The van der Waals surface area contributed by atoms with Gasteiger partial charge in [-0.05, 0) is 43.5 Å². The first kappa shape index (κ1) is 18.0. The number of carbonyl (C=O) groups is 2. The Balaban J connectivity index is 1.84. The fourth-order valence-electron chi connectivity index (χ4n) is 3.45. The van der Waals surface area contributed by atoms with E-state index in [1.807, 2.05) is 57.2 Å². The maximum atomic E-state index is 13.0. The summed E-state index contributed by atoms with van der Waals surface area (Å²) in [5.41, 5.74) is 4.86. The van der Waals surface area contributed by atoms with Crippen LogP contribution in [0.25, 0.3) is 0 Å². The van der Waals surface area contributed by atoms with Gasteiger partial charge in [-0.25, -0.2) is 0 Å². The lowest BCUT2D eigenvalue weighted by Gasteiger charge is -2.20. The summed E-state index contributed by atoms with van der Waals surface area (Å²) in [4.78, 5) is 26.3. The molecule has 3 rings (SSSR count). The third-order valence-electron chi connectivity index (χ3n) is 4.72. The summed E-state index contributed by atoms with van der Waals surface area (Å²) in [5, 5.41) is 2.79. The molecule has 1 atom stereocenters. The molecule has 0 saturated carbocycles. The lowest BCUT2D eigenvalue weighted by molar-refractivity contribution is -0.126. The number of ether oxygens (including phenoxy) is 1. The highest BCUT2D eigenvalue weighted by Gasteiger charge is 2.39. The molecule has 1 aliphatic rings. The van der Waals surface area contributed by atoms with E-state index in [2.05, 4.69) is 5.32 Å². The molecule has 0 fully saturated rings. The molecule has 1 N–H and O–H groups in total. The molecule has 2 amide bonds. The minimum absolute atomic E-state index is 0.110. The van der Waals surface area contributed by atoms with E-state index in [-0.39, 0.29) is 11.8 Å². The molecule has 2 aromatic rings. The van der Waals surface area contributed by atoms with E-state index in [9.17, 15) is 9.59 Å². The number of nitrogens with zero attached hydrogens (tertiary/aromatic N) is 1. The average Bonchev–Trinajstić information content (AvgIpc) is 2.86. The molecule has 136 valence electrons. The standard InChI is InChI=1S/C21H24N2O3/c1-13-7-5-6-8-17(13)26-12-11-23-20-15(3)10-9-14(2)18(20)19(21(23)25)22-16(4)24/h5-10,19H,11-12H2,1-4H3,(H,22,24). The molecule has 5 heteroatoms. The van der Waals surface area contributed by atoms with Gasteiger partial charge in [0.05, 0.1) is 12.2 Å². The lowest BCUT2D eigenvalue weighted by Crippen LogP contribution is -2.38. The first-order valence-corrected chi connectivity index (χ1v) is 8.77. The van der Waals surface area contributed by atoms with E-state index in [4.69, 9.17) is 4.74 Å². The fourth-order valence-corrected chi connectivity index (χ4v) is 3.45. The molecular weight excluding hydrogens is 328 g/mol. The van der Waals surface area contributed by atoms with Gasteiger partial charge in [0.25, 0.3) is 5.91 Å². The Morgan fingerprint density at radius 3 is 2.46 bits per heavy atom. The Bertz CT molecular complexity index is 860. The second kappa shape index (κ2) is 7.20. The van der Waals surface area contributed by atoms with Crippen molar-refractivity contribution in [2.75, 3.05) is 18.1 Å². The van der Waals surface area contributed by atoms with Crippen molar-refractivity contribution in [3.05, 3.63) is 58.7 Å². The number of benzene rings is 2. The largest absolute Gasteiger partial charge is 0.491 e. The summed E-state index contributed by atoms with van der Waals surface area (Å²) in [6.07, 6.45) is 0. The molecular formula is C21H24N2O3. The zero-order valence-corrected chi connectivity index (χ0v) is 15.6. The van der Waals surface area contributed by atoms with E-state index in [0.717, 1.165) is 33.7 Å². The van der Waals surface area contributed by atoms with Crippen LogP contribution in [0.15, 0.2) is 36.4 Å². The highest BCUT2D eigenvalue weighted by atomic mass is 16.5. The van der Waals surface area contributed by atoms with Gasteiger partial charge in [-0.2, -0.15) is 0 Å². The number of anilines is 1. The molecule has 5 nitrogen and oxygen atoms in total. The maximum Gasteiger partial charge on any atom is 0.254 e. The third kappa shape index (κ3) is 3.29. The summed E-state index contributed by atoms with van der Waals surface area (Å²) < 4.78 is 5.87. The van der Waals surface area contributed by atoms with Crippen LogP contribution in [0.3, 0.4) is 0 Å². The second-order valence-electron chi connectivity index (χ2n) is 6.70. The summed E-state index contributed by atoms with van der Waals surface area (Å²) >= 11 is 0. The predicted molar refractivity (Wildman–Crippen MR) is 102 cm³/mol. The molecule has 0 saturated heterocycles. The van der Waals surface area contributed by atoms with E-state index >= 15 is 0 Å². The zero-order chi connectivity index (χ0) is 18.8. The van der Waals surface area contributed by atoms with Crippen LogP contribution >= 0.6 is 0 Å². The Morgan fingerprint density at radius 2 is 1.77 bits per heavy atom. The van der Waals surface area contributed by atoms with Gasteiger partial charge in [0, 0.05) is 12.5 Å². The van der Waals surface area contributed by atoms with Crippen LogP contribution in [0.4, 0.5) is 5.69 Å². The minimum atomic E-state index is -0.624. The van der Waals surface area contributed by atoms with Gasteiger partial charge in [0.2, 0.25) is 5.91 Å². The zero-order valence-electron chi connectivity index (χ0n) is 15.6. The smallest absolute Gasteiger partial charge is 0.254 e. The van der Waals surface area contributed by atoms with E-state index < -0.39 is 6.04 Å². The monoisotopic (exact) mass is 352 g/mol. The summed E-state index contributed by atoms with van der Waals surface area (Å²) in [5.74, 6) is 0.493. The topological polar surface area (TPSA) is 58.6 Å². The van der Waals surface area contributed by atoms with Crippen molar-refractivity contribution < 1.29 is 14.3 Å². The van der Waals surface area contributed by atoms with Crippen LogP contribution < -0.4 is 15.0 Å². The minimum Gasteiger partial charge on any atom is -0.491 e. The number of hydrogen-bond acceptors (Lipinski definition) is 3. The van der Waals surface area contributed by atoms with Gasteiger partial charge < -0.3 is 15.0 Å². The Morgan fingerprint density at radius 1 is 1.08 bits per heavy atom. The number of nitrogens with one attached hydrogen (secondary N) is 1. The molecule has 0 bridgehead atoms. The van der Waals surface area contributed by atoms with Crippen LogP contribution in [-0.4, -0.2) is 25.0 Å². The number of carbonyl (C=O) groups excluding carboxylic acids is 2. The number of rotatable bonds is 5. The van der Waals surface area contributed by atoms with Gasteiger partial charge in [-0.3, -0.25) is 9.59 Å². The number of hydrogen-bond donors (Lipinski definition) is 1. The molecule has 0 aromatic heterocycles. The van der Waals surface area contributed by atoms with Crippen molar-refractivity contribution in [2.45, 2.75) is 33.7 Å². The first-order valence-electron chi connectivity index (χ1n) is 8.77. The molecule has 1 aliphatic heterocycles. The first-order chi connectivity index (χ1) is 12.4. The van der Waals surface area contributed by atoms with Gasteiger partial charge in [-0.1, -0.05) is 30.3 Å². The average molecular weight is 352 g/mol. The van der Waals surface area contributed by atoms with Crippen molar-refractivity contribution in [3.8, 4) is 5.75 Å². The van der Waals surface area contributed by atoms with Crippen LogP contribution in [0.2, 0.25) is 0 Å². The van der Waals surface area contributed by atoms with Crippen molar-refractivity contribution >= 4 is 17.5 Å². The van der Waals surface area contributed by atoms with Crippen molar-refractivity contribution in [2.24, 2.45) is 0 Å². The summed E-state index contributed by atoms with van der Waals surface area (Å²) in [6, 6.07) is 11.2. The Labute approximate surface area is 154 Å². The number of para-hydroxylation sites is 1. The van der Waals surface area contributed by atoms with Crippen molar-refractivity contribution in [3.63, 3.8) is 0 Å². The predicted octanol–water partition coefficient (Wildman–Crippen LogP) is 3.21. The molecule has 0 aliphatic carbocycles. The highest BCUT2D eigenvalue weighted by molar-refractivity contribution is 6.07. The molecule has 0 spiro atoms. The lowest BCUT2D eigenvalue weighted by atomic mass is 9.99. The number of amides is 2. The summed E-state index contributed by atoms with van der Waals surface area (Å²) in [6.45, 7) is 8.19. The second-order valence-corrected chi connectivity index (χ2v) is 6.70. The fraction of sp³-hybridized carbons (Fsp3) is 0.333. The van der Waals surface area contributed by atoms with Gasteiger partial charge in [-0.15, -0.1) is 0 Å². The van der Waals surface area contributed by atoms with Crippen molar-refractivity contribution in [1.82, 2.24) is 5.32 Å². The number of fused-ring (bicyclic) bond motifs is 1. The van der Waals surface area contributed by atoms with E-state index in [1.54, 1.807) is 4.90 Å². The molecule has 1 unspecified atom stereocenters. The van der Waals surface area contributed by atoms with Gasteiger partial charge >= 0.3 is 0 Å². The van der Waals surface area contributed by atoms with Crippen LogP contribution in [0.1, 0.15) is 35.2 Å². The molecule has 0 radical (unpaired) electrons. The molecule has 1 heterocycles. The van der Waals surface area contributed by atoms with Crippen LogP contribution in [0.5, 0.6) is 5.75 Å². The SMILES string of the molecule is CC(=O)NC1C(=O)N(CCOc2ccccc2C)c2c(C)ccc(C)c21. The Hall–Kier alpha value is -2.82. The summed E-state index contributed by atoms with van der Waals surface area (Å²) in [7, 11) is 0. The third-order valence-corrected chi connectivity index (χ3v) is 4.72.